The molecule has 2 rings (SSSR count). The van der Waals surface area contributed by atoms with Gasteiger partial charge >= 0.3 is 0 Å². The number of carbonyl (C=O) groups excluding carboxylic acids is 2. The molecule has 27 heavy (non-hydrogen) atoms. The monoisotopic (exact) mass is 366 g/mol. The zero-order valence-electron chi connectivity index (χ0n) is 16.5. The predicted octanol–water partition coefficient (Wildman–Crippen LogP) is 3.81. The summed E-state index contributed by atoms with van der Waals surface area (Å²) < 4.78 is 0. The van der Waals surface area contributed by atoms with Gasteiger partial charge in [0.1, 0.15) is 6.04 Å². The molecule has 2 aromatic rings. The average molecular weight is 367 g/mol. The number of hydrogen-bond donors (Lipinski definition) is 1. The first kappa shape index (κ1) is 20.7. The van der Waals surface area contributed by atoms with Crippen LogP contribution in [0.4, 0.5) is 0 Å². The van der Waals surface area contributed by atoms with Crippen LogP contribution >= 0.6 is 0 Å². The first-order chi connectivity index (χ1) is 13.0. The van der Waals surface area contributed by atoms with Crippen molar-refractivity contribution in [2.24, 2.45) is 5.92 Å². The number of rotatable bonds is 9. The third kappa shape index (κ3) is 6.55. The third-order valence-corrected chi connectivity index (χ3v) is 4.46. The summed E-state index contributed by atoms with van der Waals surface area (Å²) in [6, 6.07) is 19.0. The Labute approximate surface area is 162 Å². The zero-order valence-corrected chi connectivity index (χ0v) is 16.5. The lowest BCUT2D eigenvalue weighted by Gasteiger charge is -2.31. The Hall–Kier alpha value is -2.62. The van der Waals surface area contributed by atoms with Crippen LogP contribution in [0.1, 0.15) is 38.3 Å². The molecule has 0 radical (unpaired) electrons. The second-order valence-corrected chi connectivity index (χ2v) is 7.23. The highest BCUT2D eigenvalue weighted by atomic mass is 16.2. The molecule has 0 spiro atoms. The van der Waals surface area contributed by atoms with E-state index in [1.807, 2.05) is 67.6 Å². The molecular weight excluding hydrogens is 336 g/mol. The standard InChI is InChI=1S/C23H30N2O2/c1-4-21(23(27)24-16-18(2)3)25(17-20-13-9-6-10-14-20)22(26)15-19-11-7-5-8-12-19/h5-14,18,21H,4,15-17H2,1-3H3,(H,24,27)/t21-/m1/s1. The van der Waals surface area contributed by atoms with Crippen molar-refractivity contribution in [2.75, 3.05) is 6.54 Å². The maximum atomic E-state index is 13.1. The number of amides is 2. The summed E-state index contributed by atoms with van der Waals surface area (Å²) in [5.74, 6) is 0.259. The molecule has 0 aliphatic carbocycles. The molecule has 0 aromatic heterocycles. The van der Waals surface area contributed by atoms with Crippen LogP contribution in [0.5, 0.6) is 0 Å². The van der Waals surface area contributed by atoms with Gasteiger partial charge in [-0.1, -0.05) is 81.4 Å². The van der Waals surface area contributed by atoms with Crippen molar-refractivity contribution >= 4 is 11.8 Å². The van der Waals surface area contributed by atoms with Crippen molar-refractivity contribution in [1.82, 2.24) is 10.2 Å². The van der Waals surface area contributed by atoms with E-state index in [-0.39, 0.29) is 11.8 Å². The van der Waals surface area contributed by atoms with Gasteiger partial charge in [0.25, 0.3) is 0 Å². The van der Waals surface area contributed by atoms with Gasteiger partial charge in [0.2, 0.25) is 11.8 Å². The van der Waals surface area contributed by atoms with Gasteiger partial charge in [-0.3, -0.25) is 9.59 Å². The lowest BCUT2D eigenvalue weighted by Crippen LogP contribution is -2.50. The van der Waals surface area contributed by atoms with Gasteiger partial charge in [-0.05, 0) is 23.5 Å². The maximum Gasteiger partial charge on any atom is 0.242 e. The van der Waals surface area contributed by atoms with Crippen LogP contribution < -0.4 is 5.32 Å². The van der Waals surface area contributed by atoms with Crippen LogP contribution in [0.15, 0.2) is 60.7 Å². The van der Waals surface area contributed by atoms with E-state index in [9.17, 15) is 9.59 Å². The molecule has 1 atom stereocenters. The van der Waals surface area contributed by atoms with Gasteiger partial charge < -0.3 is 10.2 Å². The smallest absolute Gasteiger partial charge is 0.242 e. The predicted molar refractivity (Wildman–Crippen MR) is 109 cm³/mol. The van der Waals surface area contributed by atoms with Crippen LogP contribution in [0, 0.1) is 5.92 Å². The normalized spacial score (nSPS) is 11.9. The van der Waals surface area contributed by atoms with Crippen LogP contribution in [0.25, 0.3) is 0 Å². The first-order valence-corrected chi connectivity index (χ1v) is 9.66. The summed E-state index contributed by atoms with van der Waals surface area (Å²) in [5.41, 5.74) is 1.98. The summed E-state index contributed by atoms with van der Waals surface area (Å²) >= 11 is 0. The number of nitrogens with one attached hydrogen (secondary N) is 1. The Morgan fingerprint density at radius 1 is 0.926 bits per heavy atom. The molecule has 0 saturated carbocycles. The molecule has 0 unspecified atom stereocenters. The molecule has 0 aliphatic heterocycles. The Morgan fingerprint density at radius 2 is 1.48 bits per heavy atom. The highest BCUT2D eigenvalue weighted by molar-refractivity contribution is 5.88. The molecule has 0 bridgehead atoms. The number of hydrogen-bond acceptors (Lipinski definition) is 2. The quantitative estimate of drug-likeness (QED) is 0.734. The highest BCUT2D eigenvalue weighted by Gasteiger charge is 2.28. The molecular formula is C23H30N2O2. The molecule has 4 nitrogen and oxygen atoms in total. The number of benzene rings is 2. The van der Waals surface area contributed by atoms with Gasteiger partial charge in [-0.15, -0.1) is 0 Å². The number of carbonyl (C=O) groups is 2. The molecule has 144 valence electrons. The summed E-state index contributed by atoms with van der Waals surface area (Å²) in [6.45, 7) is 7.11. The minimum absolute atomic E-state index is 0.0309. The highest BCUT2D eigenvalue weighted by Crippen LogP contribution is 2.14. The molecule has 2 amide bonds. The topological polar surface area (TPSA) is 49.4 Å². The lowest BCUT2D eigenvalue weighted by molar-refractivity contribution is -0.141. The number of nitrogens with zero attached hydrogens (tertiary/aromatic N) is 1. The molecule has 0 heterocycles. The van der Waals surface area contributed by atoms with E-state index < -0.39 is 6.04 Å². The van der Waals surface area contributed by atoms with Gasteiger partial charge in [-0.2, -0.15) is 0 Å². The largest absolute Gasteiger partial charge is 0.354 e. The Balaban J connectivity index is 2.21. The van der Waals surface area contributed by atoms with E-state index in [1.54, 1.807) is 4.90 Å². The van der Waals surface area contributed by atoms with Crippen LogP contribution in [-0.4, -0.2) is 29.3 Å². The molecule has 2 aromatic carbocycles. The fraction of sp³-hybridized carbons (Fsp3) is 0.391. The first-order valence-electron chi connectivity index (χ1n) is 9.66. The van der Waals surface area contributed by atoms with E-state index in [1.165, 1.54) is 0 Å². The third-order valence-electron chi connectivity index (χ3n) is 4.46. The SMILES string of the molecule is CC[C@H](C(=O)NCC(C)C)N(Cc1ccccc1)C(=O)Cc1ccccc1. The Morgan fingerprint density at radius 3 is 2.00 bits per heavy atom. The lowest BCUT2D eigenvalue weighted by atomic mass is 10.1. The van der Waals surface area contributed by atoms with E-state index in [2.05, 4.69) is 19.2 Å². The van der Waals surface area contributed by atoms with Crippen molar-refractivity contribution in [3.63, 3.8) is 0 Å². The molecule has 0 aliphatic rings. The average Bonchev–Trinajstić information content (AvgIpc) is 2.67. The van der Waals surface area contributed by atoms with Crippen molar-refractivity contribution in [1.29, 1.82) is 0 Å². The summed E-state index contributed by atoms with van der Waals surface area (Å²) in [4.78, 5) is 27.6. The van der Waals surface area contributed by atoms with Crippen molar-refractivity contribution in [3.8, 4) is 0 Å². The minimum Gasteiger partial charge on any atom is -0.354 e. The van der Waals surface area contributed by atoms with E-state index in [0.29, 0.717) is 31.8 Å². The van der Waals surface area contributed by atoms with E-state index >= 15 is 0 Å². The molecule has 4 heteroatoms. The summed E-state index contributed by atoms with van der Waals surface area (Å²) in [5, 5.41) is 2.99. The fourth-order valence-corrected chi connectivity index (χ4v) is 2.99. The molecule has 1 N–H and O–H groups in total. The van der Waals surface area contributed by atoms with E-state index in [4.69, 9.17) is 0 Å². The fourth-order valence-electron chi connectivity index (χ4n) is 2.99. The van der Waals surface area contributed by atoms with Crippen molar-refractivity contribution in [2.45, 2.75) is 46.2 Å². The Bertz CT molecular complexity index is 714. The second-order valence-electron chi connectivity index (χ2n) is 7.23. The van der Waals surface area contributed by atoms with Gasteiger partial charge in [0.15, 0.2) is 0 Å². The van der Waals surface area contributed by atoms with Crippen LogP contribution in [-0.2, 0) is 22.6 Å². The van der Waals surface area contributed by atoms with Crippen molar-refractivity contribution in [3.05, 3.63) is 71.8 Å². The van der Waals surface area contributed by atoms with Crippen LogP contribution in [0.3, 0.4) is 0 Å². The minimum atomic E-state index is -0.472. The van der Waals surface area contributed by atoms with Gasteiger partial charge in [-0.25, -0.2) is 0 Å². The van der Waals surface area contributed by atoms with Crippen molar-refractivity contribution < 1.29 is 9.59 Å². The Kier molecular flexibility index (Phi) is 8.05. The zero-order chi connectivity index (χ0) is 19.6. The molecule has 0 fully saturated rings. The summed E-state index contributed by atoms with van der Waals surface area (Å²) in [7, 11) is 0. The van der Waals surface area contributed by atoms with Crippen LogP contribution in [0.2, 0.25) is 0 Å². The van der Waals surface area contributed by atoms with E-state index in [0.717, 1.165) is 11.1 Å². The van der Waals surface area contributed by atoms with Gasteiger partial charge in [0.05, 0.1) is 6.42 Å². The molecule has 0 saturated heterocycles. The maximum absolute atomic E-state index is 13.1. The second kappa shape index (κ2) is 10.5. The van der Waals surface area contributed by atoms with Gasteiger partial charge in [0, 0.05) is 13.1 Å². The summed E-state index contributed by atoms with van der Waals surface area (Å²) in [6.07, 6.45) is 0.874.